The van der Waals surface area contributed by atoms with Crippen LogP contribution in [-0.2, 0) is 13.8 Å². The van der Waals surface area contributed by atoms with Crippen molar-refractivity contribution in [3.63, 3.8) is 0 Å². The van der Waals surface area contributed by atoms with Gasteiger partial charge in [0.2, 0.25) is 0 Å². The summed E-state index contributed by atoms with van der Waals surface area (Å²) in [4.78, 5) is 29.9. The molecule has 4 N–H and O–H groups in total. The number of phosphoric ester groups is 1. The molecule has 126 valence electrons. The number of hydrogen-bond acceptors (Lipinski definition) is 8. The molecule has 0 bridgehead atoms. The summed E-state index contributed by atoms with van der Waals surface area (Å²) in [5, 5.41) is 12.9. The highest BCUT2D eigenvalue weighted by atomic mass is 31.2. The number of aromatic nitrogens is 4. The molecule has 1 fully saturated rings. The van der Waals surface area contributed by atoms with Crippen molar-refractivity contribution in [1.82, 2.24) is 19.5 Å². The minimum atomic E-state index is -4.61. The van der Waals surface area contributed by atoms with Gasteiger partial charge in [0.05, 0.1) is 19.0 Å². The van der Waals surface area contributed by atoms with Crippen LogP contribution in [0.25, 0.3) is 11.2 Å². The molecule has 0 saturated carbocycles. The first kappa shape index (κ1) is 16.2. The van der Waals surface area contributed by atoms with E-state index in [4.69, 9.17) is 14.5 Å². The van der Waals surface area contributed by atoms with Crippen molar-refractivity contribution >= 4 is 24.8 Å². The van der Waals surface area contributed by atoms with E-state index < -0.39 is 32.9 Å². The Hall–Kier alpha value is -1.62. The van der Waals surface area contributed by atoms with Crippen LogP contribution in [0.1, 0.15) is 12.6 Å². The van der Waals surface area contributed by atoms with E-state index in [9.17, 15) is 9.67 Å². The Kier molecular flexibility index (Phi) is 4.32. The molecule has 1 aliphatic rings. The first-order chi connectivity index (χ1) is 10.9. The van der Waals surface area contributed by atoms with Crippen molar-refractivity contribution in [1.29, 1.82) is 0 Å². The summed E-state index contributed by atoms with van der Waals surface area (Å²) in [6.07, 6.45) is 0.778. The van der Waals surface area contributed by atoms with Gasteiger partial charge in [-0.1, -0.05) is 0 Å². The number of aliphatic hydroxyl groups is 1. The van der Waals surface area contributed by atoms with Gasteiger partial charge < -0.3 is 24.9 Å². The van der Waals surface area contributed by atoms with E-state index in [2.05, 4.69) is 24.8 Å². The molecule has 2 aromatic rings. The van der Waals surface area contributed by atoms with Gasteiger partial charge >= 0.3 is 7.82 Å². The van der Waals surface area contributed by atoms with E-state index in [1.807, 2.05) is 0 Å². The molecule has 11 nitrogen and oxygen atoms in total. The first-order valence-corrected chi connectivity index (χ1v) is 8.31. The average Bonchev–Trinajstić information content (AvgIpc) is 3.07. The molecule has 0 aliphatic carbocycles. The maximum Gasteiger partial charge on any atom is 0.469 e. The molecule has 0 aromatic carbocycles. The van der Waals surface area contributed by atoms with E-state index in [0.29, 0.717) is 17.0 Å². The van der Waals surface area contributed by atoms with E-state index in [1.54, 1.807) is 11.6 Å². The summed E-state index contributed by atoms with van der Waals surface area (Å²) in [5.74, 6) is 0.564. The number of nitrogens with one attached hydrogen (secondary N) is 1. The molecule has 3 unspecified atom stereocenters. The van der Waals surface area contributed by atoms with E-state index in [1.165, 1.54) is 12.7 Å². The van der Waals surface area contributed by atoms with Gasteiger partial charge in [0.1, 0.15) is 24.2 Å². The summed E-state index contributed by atoms with van der Waals surface area (Å²) < 4.78 is 22.4. The van der Waals surface area contributed by atoms with Crippen LogP contribution in [0, 0.1) is 0 Å². The van der Waals surface area contributed by atoms with Crippen molar-refractivity contribution in [2.75, 3.05) is 19.0 Å². The number of rotatable bonds is 5. The topological polar surface area (TPSA) is 152 Å². The third-order valence-corrected chi connectivity index (χ3v) is 4.00. The Bertz CT molecular complexity index is 748. The van der Waals surface area contributed by atoms with Crippen LogP contribution in [0.4, 0.5) is 5.82 Å². The van der Waals surface area contributed by atoms with Crippen molar-refractivity contribution in [2.45, 2.75) is 24.9 Å². The second-order valence-electron chi connectivity index (χ2n) is 5.01. The average molecular weight is 345 g/mol. The fourth-order valence-corrected chi connectivity index (χ4v) is 2.79. The highest BCUT2D eigenvalue weighted by Gasteiger charge is 2.37. The number of aliphatic hydroxyl groups excluding tert-OH is 1. The normalized spacial score (nSPS) is 25.1. The monoisotopic (exact) mass is 345 g/mol. The lowest BCUT2D eigenvalue weighted by Crippen LogP contribution is -2.25. The van der Waals surface area contributed by atoms with Crippen LogP contribution in [0.5, 0.6) is 0 Å². The summed E-state index contributed by atoms with van der Waals surface area (Å²) >= 11 is 0. The third kappa shape index (κ3) is 3.34. The molecule has 2 aromatic heterocycles. The van der Waals surface area contributed by atoms with E-state index in [-0.39, 0.29) is 6.42 Å². The molecule has 12 heteroatoms. The molecule has 1 aliphatic heterocycles. The van der Waals surface area contributed by atoms with Crippen LogP contribution in [-0.4, -0.2) is 60.3 Å². The Balaban J connectivity index is 1.80. The van der Waals surface area contributed by atoms with Gasteiger partial charge in [-0.05, 0) is 0 Å². The van der Waals surface area contributed by atoms with Gasteiger partial charge in [0.25, 0.3) is 0 Å². The summed E-state index contributed by atoms with van der Waals surface area (Å²) in [6.45, 7) is -0.411. The predicted molar refractivity (Wildman–Crippen MR) is 77.4 cm³/mol. The van der Waals surface area contributed by atoms with Crippen LogP contribution in [0.15, 0.2) is 12.7 Å². The second-order valence-corrected chi connectivity index (χ2v) is 6.25. The first-order valence-electron chi connectivity index (χ1n) is 6.78. The van der Waals surface area contributed by atoms with Crippen molar-refractivity contribution in [3.05, 3.63) is 12.7 Å². The van der Waals surface area contributed by atoms with Gasteiger partial charge in [0, 0.05) is 13.5 Å². The number of hydrogen-bond donors (Lipinski definition) is 4. The third-order valence-electron chi connectivity index (χ3n) is 3.52. The molecule has 0 amide bonds. The number of fused-ring (bicyclic) bond motifs is 1. The zero-order valence-electron chi connectivity index (χ0n) is 12.1. The Morgan fingerprint density at radius 3 is 2.96 bits per heavy atom. The maximum absolute atomic E-state index is 10.7. The van der Waals surface area contributed by atoms with E-state index in [0.717, 1.165) is 0 Å². The van der Waals surface area contributed by atoms with Crippen LogP contribution in [0.3, 0.4) is 0 Å². The molecule has 3 rings (SSSR count). The molecule has 3 heterocycles. The van der Waals surface area contributed by atoms with Crippen molar-refractivity contribution in [3.8, 4) is 0 Å². The Morgan fingerprint density at radius 1 is 1.48 bits per heavy atom. The summed E-state index contributed by atoms with van der Waals surface area (Å²) in [7, 11) is -2.90. The Labute approximate surface area is 130 Å². The zero-order chi connectivity index (χ0) is 16.6. The van der Waals surface area contributed by atoms with Crippen LogP contribution >= 0.6 is 7.82 Å². The molecular formula is C11H16N5O6P. The second kappa shape index (κ2) is 6.11. The minimum absolute atomic E-state index is 0.222. The fraction of sp³-hybridized carbons (Fsp3) is 0.545. The lowest BCUT2D eigenvalue weighted by molar-refractivity contribution is -0.0424. The quantitative estimate of drug-likeness (QED) is 0.528. The molecule has 0 radical (unpaired) electrons. The van der Waals surface area contributed by atoms with Gasteiger partial charge in [-0.25, -0.2) is 19.5 Å². The number of ether oxygens (including phenoxy) is 1. The number of anilines is 1. The molecule has 0 spiro atoms. The lowest BCUT2D eigenvalue weighted by Gasteiger charge is -2.16. The largest absolute Gasteiger partial charge is 0.469 e. The van der Waals surface area contributed by atoms with Crippen molar-refractivity contribution in [2.24, 2.45) is 0 Å². The molecule has 1 saturated heterocycles. The van der Waals surface area contributed by atoms with Gasteiger partial charge in [-0.2, -0.15) is 0 Å². The maximum atomic E-state index is 10.7. The molecule has 3 atom stereocenters. The highest BCUT2D eigenvalue weighted by Crippen LogP contribution is 2.38. The highest BCUT2D eigenvalue weighted by molar-refractivity contribution is 7.46. The molecule has 23 heavy (non-hydrogen) atoms. The summed E-state index contributed by atoms with van der Waals surface area (Å²) in [6, 6.07) is 0. The fourth-order valence-electron chi connectivity index (χ4n) is 2.45. The summed E-state index contributed by atoms with van der Waals surface area (Å²) in [5.41, 5.74) is 1.08. The van der Waals surface area contributed by atoms with E-state index >= 15 is 0 Å². The Morgan fingerprint density at radius 2 is 2.26 bits per heavy atom. The number of nitrogens with zero attached hydrogens (tertiary/aromatic N) is 4. The van der Waals surface area contributed by atoms with Gasteiger partial charge in [0.15, 0.2) is 11.5 Å². The SMILES string of the molecule is CNc1ncnc2c1ncn2C1CC(O)C(COP(=O)(O)O)O1. The van der Waals surface area contributed by atoms with Crippen molar-refractivity contribution < 1.29 is 28.7 Å². The van der Waals surface area contributed by atoms with Crippen LogP contribution in [0.2, 0.25) is 0 Å². The minimum Gasteiger partial charge on any atom is -0.390 e. The number of phosphoric acid groups is 1. The smallest absolute Gasteiger partial charge is 0.390 e. The van der Waals surface area contributed by atoms with Gasteiger partial charge in [-0.3, -0.25) is 9.09 Å². The lowest BCUT2D eigenvalue weighted by atomic mass is 10.2. The van der Waals surface area contributed by atoms with Gasteiger partial charge in [-0.15, -0.1) is 0 Å². The standard InChI is InChI=1S/C11H16N5O6P/c1-12-10-9-11(14-4-13-10)16(5-15-9)8-2-6(17)7(22-8)3-21-23(18,19)20/h4-8,17H,2-3H2,1H3,(H,12,13,14)(H2,18,19,20). The van der Waals surface area contributed by atoms with Crippen LogP contribution < -0.4 is 5.32 Å². The number of imidazole rings is 1. The molecular weight excluding hydrogens is 329 g/mol. The predicted octanol–water partition coefficient (Wildman–Crippen LogP) is -0.374. The zero-order valence-corrected chi connectivity index (χ0v) is 13.0.